The van der Waals surface area contributed by atoms with Gasteiger partial charge in [-0.2, -0.15) is 8.78 Å². The lowest BCUT2D eigenvalue weighted by atomic mass is 10.1. The number of ether oxygens (including phenoxy) is 1. The van der Waals surface area contributed by atoms with E-state index in [0.29, 0.717) is 13.2 Å². The minimum atomic E-state index is -2.98. The highest BCUT2D eigenvalue weighted by Crippen LogP contribution is 2.10. The molecule has 1 aromatic carbocycles. The third kappa shape index (κ3) is 4.48. The molecular formula is C12H15F2NO2. The first kappa shape index (κ1) is 13.6. The maximum Gasteiger partial charge on any atom is 0.315 e. The van der Waals surface area contributed by atoms with Gasteiger partial charge in [-0.05, 0) is 18.1 Å². The Balaban J connectivity index is 2.60. The van der Waals surface area contributed by atoms with Gasteiger partial charge in [-0.15, -0.1) is 0 Å². The van der Waals surface area contributed by atoms with Crippen LogP contribution in [-0.2, 0) is 22.7 Å². The first-order valence-electron chi connectivity index (χ1n) is 5.35. The van der Waals surface area contributed by atoms with Gasteiger partial charge in [-0.1, -0.05) is 24.3 Å². The van der Waals surface area contributed by atoms with Crippen molar-refractivity contribution < 1.29 is 18.3 Å². The van der Waals surface area contributed by atoms with Crippen molar-refractivity contribution in [2.24, 2.45) is 0 Å². The lowest BCUT2D eigenvalue weighted by Crippen LogP contribution is -2.29. The average molecular weight is 243 g/mol. The van der Waals surface area contributed by atoms with E-state index in [2.05, 4.69) is 5.32 Å². The number of hydrogen-bond acceptors (Lipinski definition) is 2. The molecule has 17 heavy (non-hydrogen) atoms. The molecule has 3 nitrogen and oxygen atoms in total. The molecule has 0 bridgehead atoms. The summed E-state index contributed by atoms with van der Waals surface area (Å²) >= 11 is 0. The van der Waals surface area contributed by atoms with Crippen LogP contribution in [0.4, 0.5) is 8.78 Å². The number of carbonyl (C=O) groups is 1. The fourth-order valence-corrected chi connectivity index (χ4v) is 1.34. The molecule has 0 fully saturated rings. The summed E-state index contributed by atoms with van der Waals surface area (Å²) in [6.45, 7) is 2.96. The van der Waals surface area contributed by atoms with Crippen molar-refractivity contribution in [2.45, 2.75) is 26.5 Å². The Labute approximate surface area is 98.8 Å². The Morgan fingerprint density at radius 2 is 2.00 bits per heavy atom. The molecular weight excluding hydrogens is 228 g/mol. The van der Waals surface area contributed by atoms with Crippen LogP contribution >= 0.6 is 0 Å². The van der Waals surface area contributed by atoms with E-state index in [4.69, 9.17) is 4.74 Å². The molecule has 1 N–H and O–H groups in total. The Morgan fingerprint density at radius 1 is 1.35 bits per heavy atom. The Bertz CT molecular complexity index is 369. The Kier molecular flexibility index (Phi) is 5.56. The fraction of sp³-hybridized carbons (Fsp3) is 0.417. The topological polar surface area (TPSA) is 38.3 Å². The molecule has 1 aromatic rings. The summed E-state index contributed by atoms with van der Waals surface area (Å²) in [6, 6.07) is 7.26. The van der Waals surface area contributed by atoms with Gasteiger partial charge < -0.3 is 10.1 Å². The maximum absolute atomic E-state index is 12.0. The normalized spacial score (nSPS) is 10.6. The minimum absolute atomic E-state index is 0.0897. The van der Waals surface area contributed by atoms with E-state index < -0.39 is 12.3 Å². The first-order chi connectivity index (χ1) is 8.15. The molecule has 1 amide bonds. The van der Waals surface area contributed by atoms with E-state index in [-0.39, 0.29) is 6.54 Å². The van der Waals surface area contributed by atoms with Crippen LogP contribution in [0.2, 0.25) is 0 Å². The molecule has 0 aliphatic carbocycles. The van der Waals surface area contributed by atoms with Crippen LogP contribution in [-0.4, -0.2) is 18.9 Å². The van der Waals surface area contributed by atoms with Crippen LogP contribution in [0.3, 0.4) is 0 Å². The number of rotatable bonds is 6. The van der Waals surface area contributed by atoms with Gasteiger partial charge >= 0.3 is 6.43 Å². The average Bonchev–Trinajstić information content (AvgIpc) is 2.34. The summed E-state index contributed by atoms with van der Waals surface area (Å²) in [5, 5.41) is 2.17. The predicted molar refractivity (Wildman–Crippen MR) is 59.6 cm³/mol. The Hall–Kier alpha value is -1.49. The first-order valence-corrected chi connectivity index (χ1v) is 5.35. The van der Waals surface area contributed by atoms with Gasteiger partial charge in [0.2, 0.25) is 0 Å². The van der Waals surface area contributed by atoms with Crippen LogP contribution in [0.15, 0.2) is 24.3 Å². The quantitative estimate of drug-likeness (QED) is 0.831. The standard InChI is InChI=1S/C12H15F2NO2/c1-2-17-8-10-6-4-3-5-9(10)7-15-12(16)11(13)14/h3-6,11H,2,7-8H2,1H3,(H,15,16). The molecule has 0 saturated heterocycles. The summed E-state index contributed by atoms with van der Waals surface area (Å²) in [7, 11) is 0. The van der Waals surface area contributed by atoms with E-state index in [1.165, 1.54) is 0 Å². The molecule has 0 aromatic heterocycles. The van der Waals surface area contributed by atoms with Crippen LogP contribution in [0.25, 0.3) is 0 Å². The van der Waals surface area contributed by atoms with Crippen molar-refractivity contribution >= 4 is 5.91 Å². The zero-order chi connectivity index (χ0) is 12.7. The Morgan fingerprint density at radius 3 is 2.59 bits per heavy atom. The zero-order valence-electron chi connectivity index (χ0n) is 9.58. The van der Waals surface area contributed by atoms with Gasteiger partial charge in [0.1, 0.15) is 0 Å². The lowest BCUT2D eigenvalue weighted by molar-refractivity contribution is -0.131. The third-order valence-electron chi connectivity index (χ3n) is 2.23. The molecule has 0 aliphatic rings. The van der Waals surface area contributed by atoms with Gasteiger partial charge in [0.05, 0.1) is 6.61 Å². The van der Waals surface area contributed by atoms with E-state index in [1.54, 1.807) is 12.1 Å². The second kappa shape index (κ2) is 6.96. The molecule has 0 saturated carbocycles. The van der Waals surface area contributed by atoms with Gasteiger partial charge in [0.25, 0.3) is 5.91 Å². The van der Waals surface area contributed by atoms with E-state index in [0.717, 1.165) is 11.1 Å². The molecule has 0 aliphatic heterocycles. The van der Waals surface area contributed by atoms with Crippen LogP contribution in [0.5, 0.6) is 0 Å². The molecule has 0 radical (unpaired) electrons. The van der Waals surface area contributed by atoms with Gasteiger partial charge in [0, 0.05) is 13.2 Å². The molecule has 0 unspecified atom stereocenters. The van der Waals surface area contributed by atoms with Crippen molar-refractivity contribution in [3.05, 3.63) is 35.4 Å². The minimum Gasteiger partial charge on any atom is -0.377 e. The number of amides is 1. The molecule has 5 heteroatoms. The highest BCUT2D eigenvalue weighted by molar-refractivity contribution is 5.79. The number of nitrogens with one attached hydrogen (secondary N) is 1. The monoisotopic (exact) mass is 243 g/mol. The number of halogens is 2. The van der Waals surface area contributed by atoms with Gasteiger partial charge in [-0.3, -0.25) is 4.79 Å². The van der Waals surface area contributed by atoms with Crippen LogP contribution in [0.1, 0.15) is 18.1 Å². The molecule has 0 heterocycles. The molecule has 0 atom stereocenters. The van der Waals surface area contributed by atoms with Crippen molar-refractivity contribution in [3.63, 3.8) is 0 Å². The maximum atomic E-state index is 12.0. The van der Waals surface area contributed by atoms with Crippen molar-refractivity contribution in [2.75, 3.05) is 6.61 Å². The van der Waals surface area contributed by atoms with Crippen molar-refractivity contribution in [1.82, 2.24) is 5.32 Å². The highest BCUT2D eigenvalue weighted by Gasteiger charge is 2.14. The van der Waals surface area contributed by atoms with Crippen LogP contribution < -0.4 is 5.32 Å². The summed E-state index contributed by atoms with van der Waals surface area (Å²) in [5.41, 5.74) is 1.68. The second-order valence-corrected chi connectivity index (χ2v) is 3.42. The number of carbonyl (C=O) groups excluding carboxylic acids is 1. The summed E-state index contributed by atoms with van der Waals surface area (Å²) in [6.07, 6.45) is -2.98. The summed E-state index contributed by atoms with van der Waals surface area (Å²) in [4.78, 5) is 10.7. The second-order valence-electron chi connectivity index (χ2n) is 3.42. The largest absolute Gasteiger partial charge is 0.377 e. The number of hydrogen-bond donors (Lipinski definition) is 1. The van der Waals surface area contributed by atoms with E-state index in [9.17, 15) is 13.6 Å². The van der Waals surface area contributed by atoms with Crippen molar-refractivity contribution in [3.8, 4) is 0 Å². The molecule has 94 valence electrons. The third-order valence-corrected chi connectivity index (χ3v) is 2.23. The van der Waals surface area contributed by atoms with Gasteiger partial charge in [0.15, 0.2) is 0 Å². The molecule has 1 rings (SSSR count). The number of alkyl halides is 2. The van der Waals surface area contributed by atoms with E-state index in [1.807, 2.05) is 19.1 Å². The smallest absolute Gasteiger partial charge is 0.315 e. The lowest BCUT2D eigenvalue weighted by Gasteiger charge is -2.10. The summed E-state index contributed by atoms with van der Waals surface area (Å²) in [5.74, 6) is -1.25. The molecule has 0 spiro atoms. The van der Waals surface area contributed by atoms with Gasteiger partial charge in [-0.25, -0.2) is 0 Å². The van der Waals surface area contributed by atoms with Crippen LogP contribution in [0, 0.1) is 0 Å². The van der Waals surface area contributed by atoms with Crippen molar-refractivity contribution in [1.29, 1.82) is 0 Å². The SMILES string of the molecule is CCOCc1ccccc1CNC(=O)C(F)F. The zero-order valence-corrected chi connectivity index (χ0v) is 9.58. The number of benzene rings is 1. The fourth-order valence-electron chi connectivity index (χ4n) is 1.34. The van der Waals surface area contributed by atoms with E-state index >= 15 is 0 Å². The highest BCUT2D eigenvalue weighted by atomic mass is 19.3. The summed E-state index contributed by atoms with van der Waals surface area (Å²) < 4.78 is 29.2. The predicted octanol–water partition coefficient (Wildman–Crippen LogP) is 2.10.